The molecule has 2 N–H and O–H groups in total. The van der Waals surface area contributed by atoms with Gasteiger partial charge in [-0.15, -0.1) is 11.8 Å². The van der Waals surface area contributed by atoms with Crippen molar-refractivity contribution in [2.45, 2.75) is 42.2 Å². The Hall–Kier alpha value is -1.69. The van der Waals surface area contributed by atoms with Gasteiger partial charge in [-0.3, -0.25) is 4.79 Å². The van der Waals surface area contributed by atoms with Crippen molar-refractivity contribution in [3.8, 4) is 0 Å². The molecule has 6 heteroatoms. The standard InChI is InChI=1S/C19H30N4OS/c1-4-20-18(21-14-17(24)23(2)3)22-15-19(12-8-9-13-19)25-16-10-6-5-7-11-16/h5-7,10-11H,4,8-9,12-15H2,1-3H3,(H2,20,21,22). The SMILES string of the molecule is CCNC(=NCC(=O)N(C)C)NCC1(Sc2ccccc2)CCCC1. The van der Waals surface area contributed by atoms with Crippen LogP contribution in [0.25, 0.3) is 0 Å². The quantitative estimate of drug-likeness (QED) is 0.578. The molecular weight excluding hydrogens is 332 g/mol. The summed E-state index contributed by atoms with van der Waals surface area (Å²) >= 11 is 1.97. The summed E-state index contributed by atoms with van der Waals surface area (Å²) < 4.78 is 0.198. The monoisotopic (exact) mass is 362 g/mol. The highest BCUT2D eigenvalue weighted by molar-refractivity contribution is 8.00. The number of nitrogens with one attached hydrogen (secondary N) is 2. The Balaban J connectivity index is 2.00. The van der Waals surface area contributed by atoms with Crippen LogP contribution in [0, 0.1) is 0 Å². The number of amides is 1. The molecule has 1 aromatic rings. The molecule has 1 aromatic carbocycles. The fourth-order valence-electron chi connectivity index (χ4n) is 2.95. The number of rotatable bonds is 7. The average Bonchev–Trinajstić information content (AvgIpc) is 3.06. The lowest BCUT2D eigenvalue weighted by Gasteiger charge is -2.29. The maximum absolute atomic E-state index is 11.8. The first kappa shape index (κ1) is 19.6. The lowest BCUT2D eigenvalue weighted by Crippen LogP contribution is -2.45. The largest absolute Gasteiger partial charge is 0.357 e. The molecule has 0 aliphatic heterocycles. The van der Waals surface area contributed by atoms with Crippen molar-refractivity contribution >= 4 is 23.6 Å². The summed E-state index contributed by atoms with van der Waals surface area (Å²) in [6.07, 6.45) is 4.95. The molecule has 1 amide bonds. The third-order valence-corrected chi connectivity index (χ3v) is 5.88. The third-order valence-electron chi connectivity index (χ3n) is 4.39. The van der Waals surface area contributed by atoms with E-state index in [1.54, 1.807) is 19.0 Å². The topological polar surface area (TPSA) is 56.7 Å². The summed E-state index contributed by atoms with van der Waals surface area (Å²) in [7, 11) is 3.50. The molecule has 1 aliphatic carbocycles. The number of hydrogen-bond donors (Lipinski definition) is 2. The Kier molecular flexibility index (Phi) is 7.62. The third kappa shape index (κ3) is 6.27. The fraction of sp³-hybridized carbons (Fsp3) is 0.579. The maximum Gasteiger partial charge on any atom is 0.243 e. The molecule has 0 aromatic heterocycles. The van der Waals surface area contributed by atoms with Crippen LogP contribution >= 0.6 is 11.8 Å². The average molecular weight is 363 g/mol. The zero-order valence-corrected chi connectivity index (χ0v) is 16.4. The van der Waals surface area contributed by atoms with Crippen molar-refractivity contribution < 1.29 is 4.79 Å². The Morgan fingerprint density at radius 1 is 1.20 bits per heavy atom. The van der Waals surface area contributed by atoms with E-state index in [4.69, 9.17) is 0 Å². The van der Waals surface area contributed by atoms with Crippen molar-refractivity contribution in [3.63, 3.8) is 0 Å². The molecule has 5 nitrogen and oxygen atoms in total. The number of carbonyl (C=O) groups excluding carboxylic acids is 1. The van der Waals surface area contributed by atoms with Gasteiger partial charge in [0.05, 0.1) is 0 Å². The molecule has 0 heterocycles. The van der Waals surface area contributed by atoms with Crippen molar-refractivity contribution in [2.75, 3.05) is 33.7 Å². The Morgan fingerprint density at radius 2 is 1.88 bits per heavy atom. The van der Waals surface area contributed by atoms with Gasteiger partial charge in [0, 0.05) is 36.8 Å². The number of hydrogen-bond acceptors (Lipinski definition) is 3. The van der Waals surface area contributed by atoms with Gasteiger partial charge in [-0.1, -0.05) is 31.0 Å². The predicted octanol–water partition coefficient (Wildman–Crippen LogP) is 2.73. The number of aliphatic imine (C=N–C) groups is 1. The van der Waals surface area contributed by atoms with Crippen LogP contribution in [0.15, 0.2) is 40.2 Å². The second-order valence-electron chi connectivity index (χ2n) is 6.64. The number of likely N-dealkylation sites (N-methyl/N-ethyl adjacent to an activating group) is 1. The van der Waals surface area contributed by atoms with Crippen LogP contribution in [0.1, 0.15) is 32.6 Å². The molecule has 0 saturated heterocycles. The molecule has 0 unspecified atom stereocenters. The van der Waals surface area contributed by atoms with E-state index in [9.17, 15) is 4.79 Å². The molecule has 138 valence electrons. The van der Waals surface area contributed by atoms with Gasteiger partial charge in [0.2, 0.25) is 5.91 Å². The first-order chi connectivity index (χ1) is 12.0. The van der Waals surface area contributed by atoms with E-state index in [1.165, 1.54) is 30.6 Å². The molecule has 0 radical (unpaired) electrons. The molecule has 0 atom stereocenters. The van der Waals surface area contributed by atoms with Gasteiger partial charge in [0.25, 0.3) is 0 Å². The highest BCUT2D eigenvalue weighted by Gasteiger charge is 2.35. The first-order valence-electron chi connectivity index (χ1n) is 9.01. The second kappa shape index (κ2) is 9.70. The van der Waals surface area contributed by atoms with Crippen LogP contribution in [-0.4, -0.2) is 55.2 Å². The number of benzene rings is 1. The number of thioether (sulfide) groups is 1. The fourth-order valence-corrected chi connectivity index (χ4v) is 4.38. The van der Waals surface area contributed by atoms with Crippen molar-refractivity contribution in [1.82, 2.24) is 15.5 Å². The van der Waals surface area contributed by atoms with Gasteiger partial charge >= 0.3 is 0 Å². The summed E-state index contributed by atoms with van der Waals surface area (Å²) in [5.41, 5.74) is 0. The van der Waals surface area contributed by atoms with Crippen molar-refractivity contribution in [3.05, 3.63) is 30.3 Å². The number of guanidine groups is 1. The van der Waals surface area contributed by atoms with Crippen molar-refractivity contribution in [1.29, 1.82) is 0 Å². The van der Waals surface area contributed by atoms with Gasteiger partial charge in [-0.25, -0.2) is 4.99 Å². The second-order valence-corrected chi connectivity index (χ2v) is 8.18. The zero-order chi connectivity index (χ0) is 18.1. The predicted molar refractivity (Wildman–Crippen MR) is 106 cm³/mol. The Labute approximate surface area is 155 Å². The molecule has 0 spiro atoms. The van der Waals surface area contributed by atoms with Crippen molar-refractivity contribution in [2.24, 2.45) is 4.99 Å². The lowest BCUT2D eigenvalue weighted by atomic mass is 10.1. The minimum Gasteiger partial charge on any atom is -0.357 e. The first-order valence-corrected chi connectivity index (χ1v) is 9.83. The van der Waals surface area contributed by atoms with E-state index in [2.05, 4.69) is 46.0 Å². The molecule has 1 aliphatic rings. The molecule has 0 bridgehead atoms. The van der Waals surface area contributed by atoms with E-state index in [0.717, 1.165) is 19.0 Å². The summed E-state index contributed by atoms with van der Waals surface area (Å²) in [5.74, 6) is 0.726. The van der Waals surface area contributed by atoms with Gasteiger partial charge in [-0.2, -0.15) is 0 Å². The summed E-state index contributed by atoms with van der Waals surface area (Å²) in [5, 5.41) is 6.71. The number of nitrogens with zero attached hydrogens (tertiary/aromatic N) is 2. The number of carbonyl (C=O) groups is 1. The van der Waals surface area contributed by atoms with E-state index in [1.807, 2.05) is 18.7 Å². The normalized spacial score (nSPS) is 16.5. The summed E-state index contributed by atoms with van der Waals surface area (Å²) in [4.78, 5) is 19.1. The Bertz CT molecular complexity index is 568. The van der Waals surface area contributed by atoms with Crippen LogP contribution in [0.5, 0.6) is 0 Å². The lowest BCUT2D eigenvalue weighted by molar-refractivity contribution is -0.127. The molecule has 1 saturated carbocycles. The van der Waals surface area contributed by atoms with E-state index < -0.39 is 0 Å². The summed E-state index contributed by atoms with van der Waals surface area (Å²) in [6.45, 7) is 3.84. The molecule has 1 fully saturated rings. The minimum atomic E-state index is 0.00597. The molecular formula is C19H30N4OS. The van der Waals surface area contributed by atoms with Gasteiger partial charge in [0.15, 0.2) is 5.96 Å². The van der Waals surface area contributed by atoms with Crippen LogP contribution < -0.4 is 10.6 Å². The minimum absolute atomic E-state index is 0.00597. The van der Waals surface area contributed by atoms with Gasteiger partial charge in [0.1, 0.15) is 6.54 Å². The van der Waals surface area contributed by atoms with Gasteiger partial charge < -0.3 is 15.5 Å². The van der Waals surface area contributed by atoms with Crippen LogP contribution in [0.4, 0.5) is 0 Å². The van der Waals surface area contributed by atoms with Crippen LogP contribution in [0.3, 0.4) is 0 Å². The van der Waals surface area contributed by atoms with E-state index >= 15 is 0 Å². The van der Waals surface area contributed by atoms with Gasteiger partial charge in [-0.05, 0) is 31.9 Å². The smallest absolute Gasteiger partial charge is 0.243 e. The molecule has 2 rings (SSSR count). The zero-order valence-electron chi connectivity index (χ0n) is 15.5. The molecule has 25 heavy (non-hydrogen) atoms. The van der Waals surface area contributed by atoms with E-state index in [-0.39, 0.29) is 17.2 Å². The Morgan fingerprint density at radius 3 is 2.48 bits per heavy atom. The van der Waals surface area contributed by atoms with Crippen LogP contribution in [-0.2, 0) is 4.79 Å². The highest BCUT2D eigenvalue weighted by Crippen LogP contribution is 2.44. The maximum atomic E-state index is 11.8. The highest BCUT2D eigenvalue weighted by atomic mass is 32.2. The summed E-state index contributed by atoms with van der Waals surface area (Å²) in [6, 6.07) is 10.6. The van der Waals surface area contributed by atoms with E-state index in [0.29, 0.717) is 0 Å². The van der Waals surface area contributed by atoms with Crippen LogP contribution in [0.2, 0.25) is 0 Å².